The van der Waals surface area contributed by atoms with Gasteiger partial charge >= 0.3 is 18.1 Å². The molecule has 2 aromatic rings. The Balaban J connectivity index is 1.45. The minimum atomic E-state index is -0.579. The topological polar surface area (TPSA) is 79.4 Å². The van der Waals surface area contributed by atoms with E-state index in [0.717, 1.165) is 11.1 Å². The lowest BCUT2D eigenvalue weighted by molar-refractivity contribution is -0.146. The van der Waals surface area contributed by atoms with E-state index in [2.05, 4.69) is 0 Å². The molecular formula is C27H33N3O5. The first-order valence-electron chi connectivity index (χ1n) is 12.0. The summed E-state index contributed by atoms with van der Waals surface area (Å²) in [5.41, 5.74) is 1.21. The van der Waals surface area contributed by atoms with Gasteiger partial charge in [0.25, 0.3) is 0 Å². The van der Waals surface area contributed by atoms with Gasteiger partial charge in [-0.05, 0) is 31.9 Å². The van der Waals surface area contributed by atoms with Crippen molar-refractivity contribution in [1.82, 2.24) is 14.7 Å². The van der Waals surface area contributed by atoms with Crippen molar-refractivity contribution in [2.24, 2.45) is 0 Å². The lowest BCUT2D eigenvalue weighted by Gasteiger charge is -2.37. The van der Waals surface area contributed by atoms with Crippen LogP contribution in [-0.2, 0) is 20.9 Å². The number of amides is 3. The smallest absolute Gasteiger partial charge is 0.410 e. The van der Waals surface area contributed by atoms with E-state index < -0.39 is 11.6 Å². The van der Waals surface area contributed by atoms with Crippen molar-refractivity contribution < 1.29 is 23.9 Å². The van der Waals surface area contributed by atoms with E-state index in [0.29, 0.717) is 26.2 Å². The Morgan fingerprint density at radius 1 is 0.971 bits per heavy atom. The molecular weight excluding hydrogens is 446 g/mol. The van der Waals surface area contributed by atoms with Gasteiger partial charge in [0.05, 0.1) is 18.5 Å². The minimum Gasteiger partial charge on any atom is -0.461 e. The number of piperazine rings is 1. The SMILES string of the molecule is CC(C)(C)OC(=O)N1CCN2C(=O)N(C(CC(=O)OCc3ccccc3)c3ccccc3)CC2C1. The summed E-state index contributed by atoms with van der Waals surface area (Å²) in [6.45, 7) is 7.37. The van der Waals surface area contributed by atoms with Gasteiger partial charge in [-0.2, -0.15) is 0 Å². The third-order valence-electron chi connectivity index (χ3n) is 6.20. The molecule has 35 heavy (non-hydrogen) atoms. The summed E-state index contributed by atoms with van der Waals surface area (Å²) in [6, 6.07) is 18.3. The Hall–Kier alpha value is -3.55. The van der Waals surface area contributed by atoms with Crippen molar-refractivity contribution in [3.63, 3.8) is 0 Å². The average molecular weight is 480 g/mol. The third kappa shape index (κ3) is 6.12. The molecule has 0 radical (unpaired) electrons. The van der Waals surface area contributed by atoms with E-state index in [1.807, 2.05) is 81.4 Å². The zero-order valence-corrected chi connectivity index (χ0v) is 20.6. The van der Waals surface area contributed by atoms with Crippen LogP contribution in [0.1, 0.15) is 44.4 Å². The van der Waals surface area contributed by atoms with Crippen LogP contribution in [0.5, 0.6) is 0 Å². The molecule has 4 rings (SSSR count). The fraction of sp³-hybridized carbons (Fsp3) is 0.444. The third-order valence-corrected chi connectivity index (χ3v) is 6.20. The molecule has 2 fully saturated rings. The van der Waals surface area contributed by atoms with Gasteiger partial charge in [-0.3, -0.25) is 4.79 Å². The quantitative estimate of drug-likeness (QED) is 0.580. The molecule has 2 atom stereocenters. The number of urea groups is 1. The molecule has 0 spiro atoms. The maximum absolute atomic E-state index is 13.4. The van der Waals surface area contributed by atoms with Gasteiger partial charge in [-0.15, -0.1) is 0 Å². The molecule has 8 heteroatoms. The number of nitrogens with zero attached hydrogens (tertiary/aromatic N) is 3. The number of carbonyl (C=O) groups excluding carboxylic acids is 3. The number of esters is 1. The first kappa shape index (κ1) is 24.6. The summed E-state index contributed by atoms with van der Waals surface area (Å²) < 4.78 is 11.0. The molecule has 2 aromatic carbocycles. The van der Waals surface area contributed by atoms with Crippen molar-refractivity contribution in [3.05, 3.63) is 71.8 Å². The van der Waals surface area contributed by atoms with E-state index in [-0.39, 0.29) is 37.2 Å². The molecule has 0 aromatic heterocycles. The summed E-state index contributed by atoms with van der Waals surface area (Å²) in [4.78, 5) is 44.0. The highest BCUT2D eigenvalue weighted by Gasteiger charge is 2.45. The second-order valence-electron chi connectivity index (χ2n) is 9.99. The van der Waals surface area contributed by atoms with Gasteiger partial charge in [0.1, 0.15) is 12.2 Å². The largest absolute Gasteiger partial charge is 0.461 e. The zero-order valence-electron chi connectivity index (χ0n) is 20.6. The lowest BCUT2D eigenvalue weighted by atomic mass is 10.0. The van der Waals surface area contributed by atoms with E-state index in [4.69, 9.17) is 9.47 Å². The average Bonchev–Trinajstić information content (AvgIpc) is 3.17. The number of hydrogen-bond acceptors (Lipinski definition) is 5. The van der Waals surface area contributed by atoms with Gasteiger partial charge in [0, 0.05) is 26.2 Å². The van der Waals surface area contributed by atoms with E-state index in [1.165, 1.54) is 0 Å². The molecule has 2 aliphatic heterocycles. The normalized spacial score (nSPS) is 18.8. The van der Waals surface area contributed by atoms with Crippen molar-refractivity contribution in [2.75, 3.05) is 26.2 Å². The Bertz CT molecular complexity index is 1040. The molecule has 0 N–H and O–H groups in total. The molecule has 2 aliphatic rings. The number of hydrogen-bond donors (Lipinski definition) is 0. The zero-order chi connectivity index (χ0) is 25.0. The van der Waals surface area contributed by atoms with Crippen LogP contribution >= 0.6 is 0 Å². The Labute approximate surface area is 206 Å². The van der Waals surface area contributed by atoms with Crippen molar-refractivity contribution in [1.29, 1.82) is 0 Å². The summed E-state index contributed by atoms with van der Waals surface area (Å²) in [7, 11) is 0. The van der Waals surface area contributed by atoms with Gasteiger partial charge in [-0.1, -0.05) is 60.7 Å². The van der Waals surface area contributed by atoms with E-state index in [1.54, 1.807) is 14.7 Å². The Kier molecular flexibility index (Phi) is 7.28. The fourth-order valence-corrected chi connectivity index (χ4v) is 4.52. The number of ether oxygens (including phenoxy) is 2. The Morgan fingerprint density at radius 2 is 1.63 bits per heavy atom. The molecule has 2 saturated heterocycles. The van der Waals surface area contributed by atoms with Crippen LogP contribution in [0.3, 0.4) is 0 Å². The molecule has 2 heterocycles. The maximum Gasteiger partial charge on any atom is 0.410 e. The fourth-order valence-electron chi connectivity index (χ4n) is 4.52. The number of rotatable bonds is 6. The van der Waals surface area contributed by atoms with Gasteiger partial charge in [0.15, 0.2) is 0 Å². The summed E-state index contributed by atoms with van der Waals surface area (Å²) in [5, 5.41) is 0. The summed E-state index contributed by atoms with van der Waals surface area (Å²) in [5.74, 6) is -0.365. The second kappa shape index (κ2) is 10.4. The van der Waals surface area contributed by atoms with Crippen molar-refractivity contribution >= 4 is 18.1 Å². The number of carbonyl (C=O) groups is 3. The van der Waals surface area contributed by atoms with Gasteiger partial charge in [-0.25, -0.2) is 9.59 Å². The summed E-state index contributed by atoms with van der Waals surface area (Å²) in [6.07, 6.45) is -0.314. The highest BCUT2D eigenvalue weighted by molar-refractivity contribution is 5.80. The first-order valence-corrected chi connectivity index (χ1v) is 12.0. The van der Waals surface area contributed by atoms with Gasteiger partial charge in [0.2, 0.25) is 0 Å². The van der Waals surface area contributed by atoms with Crippen molar-refractivity contribution in [2.45, 2.75) is 51.5 Å². The second-order valence-corrected chi connectivity index (χ2v) is 9.99. The van der Waals surface area contributed by atoms with Crippen LogP contribution in [0.25, 0.3) is 0 Å². The molecule has 0 aliphatic carbocycles. The van der Waals surface area contributed by atoms with Crippen LogP contribution in [0.2, 0.25) is 0 Å². The summed E-state index contributed by atoms with van der Waals surface area (Å²) >= 11 is 0. The maximum atomic E-state index is 13.4. The molecule has 0 bridgehead atoms. The lowest BCUT2D eigenvalue weighted by Crippen LogP contribution is -2.54. The molecule has 3 amide bonds. The number of benzene rings is 2. The predicted octanol–water partition coefficient (Wildman–Crippen LogP) is 4.22. The van der Waals surface area contributed by atoms with Crippen LogP contribution < -0.4 is 0 Å². The highest BCUT2D eigenvalue weighted by Crippen LogP contribution is 2.32. The van der Waals surface area contributed by atoms with Gasteiger partial charge < -0.3 is 24.2 Å². The van der Waals surface area contributed by atoms with E-state index in [9.17, 15) is 14.4 Å². The first-order chi connectivity index (χ1) is 16.7. The van der Waals surface area contributed by atoms with Crippen molar-refractivity contribution in [3.8, 4) is 0 Å². The molecule has 8 nitrogen and oxygen atoms in total. The molecule has 0 saturated carbocycles. The van der Waals surface area contributed by atoms with Crippen LogP contribution in [0.4, 0.5) is 9.59 Å². The predicted molar refractivity (Wildman–Crippen MR) is 130 cm³/mol. The Morgan fingerprint density at radius 3 is 2.29 bits per heavy atom. The molecule has 186 valence electrons. The standard InChI is InChI=1S/C27H33N3O5/c1-27(2,3)35-26(33)28-14-15-29-22(17-28)18-30(25(29)32)23(21-12-8-5-9-13-21)16-24(31)34-19-20-10-6-4-7-11-20/h4-13,22-23H,14-19H2,1-3H3. The van der Waals surface area contributed by atoms with Crippen LogP contribution in [-0.4, -0.2) is 70.6 Å². The molecule has 2 unspecified atom stereocenters. The minimum absolute atomic E-state index is 0.0545. The van der Waals surface area contributed by atoms with Crippen LogP contribution in [0, 0.1) is 0 Å². The highest BCUT2D eigenvalue weighted by atomic mass is 16.6. The van der Waals surface area contributed by atoms with Crippen LogP contribution in [0.15, 0.2) is 60.7 Å². The van der Waals surface area contributed by atoms with E-state index >= 15 is 0 Å². The number of fused-ring (bicyclic) bond motifs is 1. The monoisotopic (exact) mass is 479 g/mol.